The van der Waals surface area contributed by atoms with Crippen LogP contribution in [0.2, 0.25) is 0 Å². The molecular weight excluding hydrogens is 112 g/mol. The normalized spacial score (nSPS) is 30.7. The van der Waals surface area contributed by atoms with Crippen LogP contribution in [0.15, 0.2) is 0 Å². The van der Waals surface area contributed by atoms with Gasteiger partial charge < -0.3 is 10.6 Å². The van der Waals surface area contributed by atoms with Crippen molar-refractivity contribution in [1.82, 2.24) is 10.6 Å². The topological polar surface area (TPSA) is 24.1 Å². The monoisotopic (exact) mass is 128 g/mol. The first-order chi connectivity index (χ1) is 4.34. The van der Waals surface area contributed by atoms with E-state index >= 15 is 0 Å². The van der Waals surface area contributed by atoms with Gasteiger partial charge in [0.15, 0.2) is 0 Å². The average Bonchev–Trinajstić information content (AvgIpc) is 2.37. The molecule has 2 N–H and O–H groups in total. The lowest BCUT2D eigenvalue weighted by Crippen LogP contribution is -2.40. The van der Waals surface area contributed by atoms with Crippen LogP contribution in [0.4, 0.5) is 0 Å². The third-order valence-electron chi connectivity index (χ3n) is 2.16. The van der Waals surface area contributed by atoms with Crippen LogP contribution in [0.1, 0.15) is 19.8 Å². The zero-order chi connectivity index (χ0) is 6.69. The summed E-state index contributed by atoms with van der Waals surface area (Å²) in [5.74, 6) is 0. The summed E-state index contributed by atoms with van der Waals surface area (Å²) in [5, 5.41) is 6.69. The molecule has 0 aromatic carbocycles. The Bertz CT molecular complexity index is 77.0. The second-order valence-electron chi connectivity index (χ2n) is 2.78. The fraction of sp³-hybridized carbons (Fsp3) is 1.00. The molecule has 0 saturated carbocycles. The molecule has 0 aliphatic carbocycles. The van der Waals surface area contributed by atoms with Crippen LogP contribution in [0, 0.1) is 0 Å². The number of likely N-dealkylation sites (N-methyl/N-ethyl adjacent to an activating group) is 1. The van der Waals surface area contributed by atoms with Crippen molar-refractivity contribution >= 4 is 0 Å². The summed E-state index contributed by atoms with van der Waals surface area (Å²) < 4.78 is 0. The van der Waals surface area contributed by atoms with Gasteiger partial charge in [-0.15, -0.1) is 0 Å². The Morgan fingerprint density at radius 2 is 2.44 bits per heavy atom. The molecule has 0 aromatic heterocycles. The molecule has 0 bridgehead atoms. The number of hydrogen-bond donors (Lipinski definition) is 2. The predicted molar refractivity (Wildman–Crippen MR) is 39.5 cm³/mol. The molecule has 1 rings (SSSR count). The van der Waals surface area contributed by atoms with Crippen molar-refractivity contribution < 1.29 is 0 Å². The third-order valence-corrected chi connectivity index (χ3v) is 2.16. The first-order valence-corrected chi connectivity index (χ1v) is 3.75. The highest BCUT2D eigenvalue weighted by atomic mass is 15.0. The van der Waals surface area contributed by atoms with Crippen LogP contribution >= 0.6 is 0 Å². The van der Waals surface area contributed by atoms with Gasteiger partial charge in [-0.25, -0.2) is 0 Å². The molecule has 54 valence electrons. The van der Waals surface area contributed by atoms with Crippen molar-refractivity contribution in [2.45, 2.75) is 31.8 Å². The summed E-state index contributed by atoms with van der Waals surface area (Å²) in [5.41, 5.74) is 0. The lowest BCUT2D eigenvalue weighted by atomic mass is 10.1. The summed E-state index contributed by atoms with van der Waals surface area (Å²) in [6, 6.07) is 1.35. The van der Waals surface area contributed by atoms with E-state index in [1.807, 2.05) is 7.05 Å². The van der Waals surface area contributed by atoms with E-state index in [0.717, 1.165) is 6.04 Å². The zero-order valence-electron chi connectivity index (χ0n) is 6.28. The van der Waals surface area contributed by atoms with Crippen molar-refractivity contribution in [3.05, 3.63) is 0 Å². The molecule has 1 aliphatic rings. The minimum absolute atomic E-state index is 0.632. The van der Waals surface area contributed by atoms with E-state index in [0.29, 0.717) is 6.04 Å². The van der Waals surface area contributed by atoms with E-state index in [2.05, 4.69) is 17.6 Å². The van der Waals surface area contributed by atoms with Gasteiger partial charge >= 0.3 is 0 Å². The smallest absolute Gasteiger partial charge is 0.0218 e. The van der Waals surface area contributed by atoms with Crippen LogP contribution < -0.4 is 10.6 Å². The van der Waals surface area contributed by atoms with Crippen LogP contribution in [-0.4, -0.2) is 25.7 Å². The number of rotatable bonds is 2. The molecule has 2 heteroatoms. The van der Waals surface area contributed by atoms with Gasteiger partial charge in [0.1, 0.15) is 0 Å². The summed E-state index contributed by atoms with van der Waals surface area (Å²) in [4.78, 5) is 0. The summed E-state index contributed by atoms with van der Waals surface area (Å²) in [7, 11) is 2.02. The lowest BCUT2D eigenvalue weighted by molar-refractivity contribution is 0.454. The molecule has 2 atom stereocenters. The van der Waals surface area contributed by atoms with Gasteiger partial charge in [-0.3, -0.25) is 0 Å². The van der Waals surface area contributed by atoms with Gasteiger partial charge in [-0.05, 0) is 33.4 Å². The van der Waals surface area contributed by atoms with Crippen molar-refractivity contribution in [3.8, 4) is 0 Å². The minimum atomic E-state index is 0.632. The molecular formula is C7H16N2. The second-order valence-corrected chi connectivity index (χ2v) is 2.78. The van der Waals surface area contributed by atoms with E-state index in [1.54, 1.807) is 0 Å². The first kappa shape index (κ1) is 7.03. The summed E-state index contributed by atoms with van der Waals surface area (Å²) >= 11 is 0. The Kier molecular flexibility index (Phi) is 2.49. The molecule has 1 fully saturated rings. The van der Waals surface area contributed by atoms with Gasteiger partial charge in [0.25, 0.3) is 0 Å². The predicted octanol–water partition coefficient (Wildman–Crippen LogP) is 0.346. The molecule has 1 heterocycles. The maximum Gasteiger partial charge on any atom is 0.0218 e. The fourth-order valence-corrected chi connectivity index (χ4v) is 1.34. The average molecular weight is 128 g/mol. The maximum absolute atomic E-state index is 3.44. The Morgan fingerprint density at radius 3 is 2.89 bits per heavy atom. The van der Waals surface area contributed by atoms with Crippen molar-refractivity contribution in [3.63, 3.8) is 0 Å². The van der Waals surface area contributed by atoms with E-state index in [9.17, 15) is 0 Å². The SMILES string of the molecule is CNC(C)C1CCCN1. The van der Waals surface area contributed by atoms with Crippen molar-refractivity contribution in [1.29, 1.82) is 0 Å². The van der Waals surface area contributed by atoms with Gasteiger partial charge in [0.05, 0.1) is 0 Å². The summed E-state index contributed by atoms with van der Waals surface area (Å²) in [6.45, 7) is 3.43. The number of hydrogen-bond acceptors (Lipinski definition) is 2. The van der Waals surface area contributed by atoms with E-state index in [1.165, 1.54) is 19.4 Å². The fourth-order valence-electron chi connectivity index (χ4n) is 1.34. The highest BCUT2D eigenvalue weighted by Crippen LogP contribution is 2.07. The molecule has 0 amide bonds. The third kappa shape index (κ3) is 1.66. The molecule has 2 unspecified atom stereocenters. The molecule has 0 aromatic rings. The van der Waals surface area contributed by atoms with Gasteiger partial charge in [-0.1, -0.05) is 0 Å². The van der Waals surface area contributed by atoms with E-state index in [4.69, 9.17) is 0 Å². The highest BCUT2D eigenvalue weighted by molar-refractivity contribution is 4.82. The van der Waals surface area contributed by atoms with Gasteiger partial charge in [0.2, 0.25) is 0 Å². The van der Waals surface area contributed by atoms with Crippen molar-refractivity contribution in [2.24, 2.45) is 0 Å². The second kappa shape index (κ2) is 3.18. The Hall–Kier alpha value is -0.0800. The molecule has 9 heavy (non-hydrogen) atoms. The maximum atomic E-state index is 3.44. The quantitative estimate of drug-likeness (QED) is 0.560. The van der Waals surface area contributed by atoms with Crippen LogP contribution in [0.25, 0.3) is 0 Å². The highest BCUT2D eigenvalue weighted by Gasteiger charge is 2.18. The Labute approximate surface area is 57.0 Å². The molecule has 0 spiro atoms. The zero-order valence-corrected chi connectivity index (χ0v) is 6.28. The van der Waals surface area contributed by atoms with Crippen molar-refractivity contribution in [2.75, 3.05) is 13.6 Å². The Balaban J connectivity index is 2.24. The standard InChI is InChI=1S/C7H16N2/c1-6(8-2)7-4-3-5-9-7/h6-9H,3-5H2,1-2H3. The Morgan fingerprint density at radius 1 is 1.67 bits per heavy atom. The van der Waals surface area contributed by atoms with Gasteiger partial charge in [0, 0.05) is 12.1 Å². The number of nitrogens with one attached hydrogen (secondary N) is 2. The molecule has 0 radical (unpaired) electrons. The largest absolute Gasteiger partial charge is 0.316 e. The molecule has 1 aliphatic heterocycles. The van der Waals surface area contributed by atoms with Crippen LogP contribution in [0.3, 0.4) is 0 Å². The van der Waals surface area contributed by atoms with Crippen LogP contribution in [0.5, 0.6) is 0 Å². The molecule has 1 saturated heterocycles. The van der Waals surface area contributed by atoms with E-state index < -0.39 is 0 Å². The first-order valence-electron chi connectivity index (χ1n) is 3.75. The summed E-state index contributed by atoms with van der Waals surface area (Å²) in [6.07, 6.45) is 2.68. The minimum Gasteiger partial charge on any atom is -0.316 e. The molecule has 2 nitrogen and oxygen atoms in total. The lowest BCUT2D eigenvalue weighted by Gasteiger charge is -2.17. The van der Waals surface area contributed by atoms with Crippen LogP contribution in [-0.2, 0) is 0 Å². The van der Waals surface area contributed by atoms with Gasteiger partial charge in [-0.2, -0.15) is 0 Å². The van der Waals surface area contributed by atoms with E-state index in [-0.39, 0.29) is 0 Å².